The highest BCUT2D eigenvalue weighted by Crippen LogP contribution is 2.20. The van der Waals surface area contributed by atoms with Crippen molar-refractivity contribution in [1.29, 1.82) is 0 Å². The summed E-state index contributed by atoms with van der Waals surface area (Å²) in [6, 6.07) is 1.45. The van der Waals surface area contributed by atoms with Crippen molar-refractivity contribution in [3.63, 3.8) is 0 Å². The monoisotopic (exact) mass is 268 g/mol. The van der Waals surface area contributed by atoms with Gasteiger partial charge in [0.2, 0.25) is 0 Å². The molecule has 0 saturated carbocycles. The van der Waals surface area contributed by atoms with Crippen LogP contribution in [0, 0.1) is 0 Å². The highest BCUT2D eigenvalue weighted by atomic mass is 16.6. The van der Waals surface area contributed by atoms with Crippen LogP contribution in [-0.4, -0.2) is 30.4 Å². The summed E-state index contributed by atoms with van der Waals surface area (Å²) in [5, 5.41) is 4.86. The number of hydrogen-bond donors (Lipinski definition) is 3. The molecule has 0 saturated heterocycles. The van der Waals surface area contributed by atoms with Gasteiger partial charge in [-0.1, -0.05) is 0 Å². The summed E-state index contributed by atoms with van der Waals surface area (Å²) in [4.78, 5) is 26.3. The molecule has 0 aliphatic rings. The van der Waals surface area contributed by atoms with Gasteiger partial charge in [0, 0.05) is 0 Å². The molecule has 0 aliphatic carbocycles. The van der Waals surface area contributed by atoms with Crippen molar-refractivity contribution < 1.29 is 19.1 Å². The number of rotatable bonds is 4. The fraction of sp³-hybridized carbons (Fsp3) is 0.364. The maximum absolute atomic E-state index is 11.3. The number of ether oxygens (including phenoxy) is 2. The van der Waals surface area contributed by atoms with E-state index in [1.54, 1.807) is 13.8 Å². The molecule has 1 heterocycles. The zero-order valence-corrected chi connectivity index (χ0v) is 10.7. The zero-order valence-electron chi connectivity index (χ0n) is 10.7. The van der Waals surface area contributed by atoms with Crippen molar-refractivity contribution in [3.8, 4) is 0 Å². The molecule has 104 valence electrons. The van der Waals surface area contributed by atoms with Crippen LogP contribution in [0.2, 0.25) is 0 Å². The Morgan fingerprint density at radius 3 is 2.37 bits per heavy atom. The van der Waals surface area contributed by atoms with Gasteiger partial charge < -0.3 is 15.2 Å². The molecule has 8 heteroatoms. The van der Waals surface area contributed by atoms with E-state index in [1.807, 2.05) is 0 Å². The van der Waals surface area contributed by atoms with E-state index < -0.39 is 12.2 Å². The standard InChI is InChI=1S/C11H16N4O4/c1-3-18-10(16)14-7-5-8(9(12)13-6-7)15-11(17)19-4-2/h5-6H,3-4H2,1-2H3,(H2,12,13)(H,14,16)(H,15,17). The highest BCUT2D eigenvalue weighted by molar-refractivity contribution is 5.91. The molecule has 1 rings (SSSR count). The van der Waals surface area contributed by atoms with Crippen molar-refractivity contribution in [2.75, 3.05) is 29.6 Å². The number of nitrogen functional groups attached to an aromatic ring is 1. The number of anilines is 3. The lowest BCUT2D eigenvalue weighted by Gasteiger charge is -2.10. The van der Waals surface area contributed by atoms with Crippen molar-refractivity contribution in [1.82, 2.24) is 4.98 Å². The lowest BCUT2D eigenvalue weighted by molar-refractivity contribution is 0.167. The SMILES string of the molecule is CCOC(=O)Nc1cnc(N)c(NC(=O)OCC)c1. The van der Waals surface area contributed by atoms with Gasteiger partial charge in [0.25, 0.3) is 0 Å². The number of nitrogens with one attached hydrogen (secondary N) is 2. The van der Waals surface area contributed by atoms with Gasteiger partial charge in [-0.2, -0.15) is 0 Å². The van der Waals surface area contributed by atoms with Crippen LogP contribution in [-0.2, 0) is 9.47 Å². The second-order valence-electron chi connectivity index (χ2n) is 3.35. The minimum atomic E-state index is -0.649. The molecular formula is C11H16N4O4. The third kappa shape index (κ3) is 4.70. The average molecular weight is 268 g/mol. The van der Waals surface area contributed by atoms with Crippen molar-refractivity contribution in [3.05, 3.63) is 12.3 Å². The molecule has 0 radical (unpaired) electrons. The van der Waals surface area contributed by atoms with E-state index in [-0.39, 0.29) is 24.7 Å². The molecule has 1 aromatic heterocycles. The van der Waals surface area contributed by atoms with Crippen LogP contribution in [0.1, 0.15) is 13.8 Å². The molecule has 4 N–H and O–H groups in total. The molecule has 8 nitrogen and oxygen atoms in total. The van der Waals surface area contributed by atoms with Gasteiger partial charge in [0.1, 0.15) is 5.82 Å². The predicted molar refractivity (Wildman–Crippen MR) is 69.9 cm³/mol. The largest absolute Gasteiger partial charge is 0.450 e. The summed E-state index contributed by atoms with van der Waals surface area (Å²) in [5.41, 5.74) is 6.19. The lowest BCUT2D eigenvalue weighted by Crippen LogP contribution is -2.17. The number of pyridine rings is 1. The van der Waals surface area contributed by atoms with Crippen LogP contribution in [0.5, 0.6) is 0 Å². The van der Waals surface area contributed by atoms with Gasteiger partial charge in [-0.3, -0.25) is 10.6 Å². The van der Waals surface area contributed by atoms with E-state index in [0.717, 1.165) is 0 Å². The van der Waals surface area contributed by atoms with Gasteiger partial charge >= 0.3 is 12.2 Å². The molecule has 0 fully saturated rings. The first kappa shape index (κ1) is 14.6. The van der Waals surface area contributed by atoms with Gasteiger partial charge in [0.15, 0.2) is 0 Å². The van der Waals surface area contributed by atoms with E-state index in [1.165, 1.54) is 12.3 Å². The first-order chi connectivity index (χ1) is 9.06. The third-order valence-electron chi connectivity index (χ3n) is 1.95. The summed E-state index contributed by atoms with van der Waals surface area (Å²) in [5.74, 6) is 0.113. The summed E-state index contributed by atoms with van der Waals surface area (Å²) in [6.07, 6.45) is 0.0863. The second kappa shape index (κ2) is 7.04. The fourth-order valence-corrected chi connectivity index (χ4v) is 1.21. The summed E-state index contributed by atoms with van der Waals surface area (Å²) in [6.45, 7) is 3.86. The van der Waals surface area contributed by atoms with Gasteiger partial charge in [-0.05, 0) is 19.9 Å². The van der Waals surface area contributed by atoms with E-state index >= 15 is 0 Å². The maximum Gasteiger partial charge on any atom is 0.411 e. The molecule has 0 aliphatic heterocycles. The van der Waals surface area contributed by atoms with Crippen molar-refractivity contribution in [2.24, 2.45) is 0 Å². The van der Waals surface area contributed by atoms with E-state index in [2.05, 4.69) is 15.6 Å². The fourth-order valence-electron chi connectivity index (χ4n) is 1.21. The van der Waals surface area contributed by atoms with Crippen LogP contribution in [0.15, 0.2) is 12.3 Å². The Balaban J connectivity index is 2.76. The number of amides is 2. The molecule has 0 unspecified atom stereocenters. The maximum atomic E-state index is 11.3. The van der Waals surface area contributed by atoms with Gasteiger partial charge in [-0.15, -0.1) is 0 Å². The van der Waals surface area contributed by atoms with Crippen molar-refractivity contribution in [2.45, 2.75) is 13.8 Å². The number of aromatic nitrogens is 1. The third-order valence-corrected chi connectivity index (χ3v) is 1.95. The number of hydrogen-bond acceptors (Lipinski definition) is 6. The average Bonchev–Trinajstić information content (AvgIpc) is 2.34. The Hall–Kier alpha value is -2.51. The van der Waals surface area contributed by atoms with E-state index in [0.29, 0.717) is 5.69 Å². The topological polar surface area (TPSA) is 116 Å². The summed E-state index contributed by atoms with van der Waals surface area (Å²) in [7, 11) is 0. The van der Waals surface area contributed by atoms with Gasteiger partial charge in [0.05, 0.1) is 30.8 Å². The number of nitrogens with two attached hydrogens (primary N) is 1. The number of carbonyl (C=O) groups excluding carboxylic acids is 2. The Labute approximate surface area is 110 Å². The summed E-state index contributed by atoms with van der Waals surface area (Å²) >= 11 is 0. The predicted octanol–water partition coefficient (Wildman–Crippen LogP) is 1.80. The molecule has 0 spiro atoms. The van der Waals surface area contributed by atoms with Gasteiger partial charge in [-0.25, -0.2) is 14.6 Å². The Kier molecular flexibility index (Phi) is 5.39. The first-order valence-electron chi connectivity index (χ1n) is 5.69. The molecule has 2 amide bonds. The number of nitrogens with zero attached hydrogens (tertiary/aromatic N) is 1. The van der Waals surface area contributed by atoms with Crippen LogP contribution in [0.4, 0.5) is 26.8 Å². The highest BCUT2D eigenvalue weighted by Gasteiger charge is 2.09. The molecule has 0 bridgehead atoms. The smallest absolute Gasteiger partial charge is 0.411 e. The molecular weight excluding hydrogens is 252 g/mol. The lowest BCUT2D eigenvalue weighted by atomic mass is 10.3. The van der Waals surface area contributed by atoms with Crippen LogP contribution >= 0.6 is 0 Å². The second-order valence-corrected chi connectivity index (χ2v) is 3.35. The van der Waals surface area contributed by atoms with E-state index in [4.69, 9.17) is 15.2 Å². The number of carbonyl (C=O) groups is 2. The normalized spacial score (nSPS) is 9.58. The van der Waals surface area contributed by atoms with E-state index in [9.17, 15) is 9.59 Å². The quantitative estimate of drug-likeness (QED) is 0.766. The molecule has 0 aromatic carbocycles. The Morgan fingerprint density at radius 2 is 1.79 bits per heavy atom. The first-order valence-corrected chi connectivity index (χ1v) is 5.69. The van der Waals surface area contributed by atoms with Crippen LogP contribution in [0.3, 0.4) is 0 Å². The van der Waals surface area contributed by atoms with Crippen LogP contribution < -0.4 is 16.4 Å². The minimum Gasteiger partial charge on any atom is -0.450 e. The summed E-state index contributed by atoms with van der Waals surface area (Å²) < 4.78 is 9.43. The minimum absolute atomic E-state index is 0.113. The Morgan fingerprint density at radius 1 is 1.21 bits per heavy atom. The molecule has 19 heavy (non-hydrogen) atoms. The molecule has 0 atom stereocenters. The molecule has 1 aromatic rings. The Bertz CT molecular complexity index is 464. The zero-order chi connectivity index (χ0) is 14.3. The van der Waals surface area contributed by atoms with Crippen molar-refractivity contribution >= 4 is 29.4 Å². The van der Waals surface area contributed by atoms with Crippen LogP contribution in [0.25, 0.3) is 0 Å².